The van der Waals surface area contributed by atoms with Crippen molar-refractivity contribution in [2.45, 2.75) is 13.3 Å². The van der Waals surface area contributed by atoms with Gasteiger partial charge in [0, 0.05) is 5.88 Å². The molecule has 0 unspecified atom stereocenters. The number of allylic oxidation sites excluding steroid dienone is 2. The summed E-state index contributed by atoms with van der Waals surface area (Å²) in [4.78, 5) is 0. The molecule has 0 amide bonds. The number of halogens is 1. The molecule has 0 aliphatic rings. The zero-order chi connectivity index (χ0) is 6.41. The minimum atomic E-state index is 0.652. The summed E-state index contributed by atoms with van der Waals surface area (Å²) in [5.74, 6) is 3.15. The van der Waals surface area contributed by atoms with Crippen LogP contribution in [0, 0.1) is 12.3 Å². The van der Waals surface area contributed by atoms with Crippen molar-refractivity contribution in [2.24, 2.45) is 0 Å². The monoisotopic (exact) mass is 128 g/mol. The standard InChI is InChI=1S/C7H9Cl/c1-3-7(2)5-4-6-8/h1,5H,4,6H2,2H3/b7-5+. The van der Waals surface area contributed by atoms with Gasteiger partial charge in [-0.1, -0.05) is 12.0 Å². The number of hydrogen-bond acceptors (Lipinski definition) is 0. The van der Waals surface area contributed by atoms with Crippen LogP contribution >= 0.6 is 11.6 Å². The molecule has 0 aliphatic carbocycles. The van der Waals surface area contributed by atoms with E-state index in [2.05, 4.69) is 5.92 Å². The third-order valence-corrected chi connectivity index (χ3v) is 1.01. The number of rotatable bonds is 2. The van der Waals surface area contributed by atoms with Crippen molar-refractivity contribution >= 4 is 11.6 Å². The van der Waals surface area contributed by atoms with Crippen LogP contribution in [0.15, 0.2) is 11.6 Å². The lowest BCUT2D eigenvalue weighted by Crippen LogP contribution is -1.70. The molecular weight excluding hydrogens is 120 g/mol. The average Bonchev–Trinajstić information content (AvgIpc) is 1.83. The van der Waals surface area contributed by atoms with E-state index >= 15 is 0 Å². The Labute approximate surface area is 55.5 Å². The predicted octanol–water partition coefficient (Wildman–Crippen LogP) is 2.19. The van der Waals surface area contributed by atoms with E-state index in [1.54, 1.807) is 0 Å². The highest BCUT2D eigenvalue weighted by Crippen LogP contribution is 1.93. The summed E-state index contributed by atoms with van der Waals surface area (Å²) < 4.78 is 0. The average molecular weight is 129 g/mol. The van der Waals surface area contributed by atoms with Gasteiger partial charge in [0.1, 0.15) is 0 Å². The second-order valence-corrected chi connectivity index (χ2v) is 1.89. The van der Waals surface area contributed by atoms with Crippen molar-refractivity contribution in [3.8, 4) is 12.3 Å². The van der Waals surface area contributed by atoms with Gasteiger partial charge in [-0.2, -0.15) is 0 Å². The minimum absolute atomic E-state index is 0.652. The summed E-state index contributed by atoms with van der Waals surface area (Å²) in [5, 5.41) is 0. The zero-order valence-corrected chi connectivity index (χ0v) is 5.70. The SMILES string of the molecule is C#C/C(C)=C/CCCl. The molecule has 0 aliphatic heterocycles. The Hall–Kier alpha value is -0.410. The quantitative estimate of drug-likeness (QED) is 0.395. The highest BCUT2D eigenvalue weighted by Gasteiger charge is 1.77. The third kappa shape index (κ3) is 3.77. The highest BCUT2D eigenvalue weighted by molar-refractivity contribution is 6.17. The Morgan fingerprint density at radius 3 is 2.88 bits per heavy atom. The van der Waals surface area contributed by atoms with Gasteiger partial charge in [-0.25, -0.2) is 0 Å². The fourth-order valence-corrected chi connectivity index (χ4v) is 0.439. The van der Waals surface area contributed by atoms with Crippen molar-refractivity contribution < 1.29 is 0 Å². The fraction of sp³-hybridized carbons (Fsp3) is 0.429. The van der Waals surface area contributed by atoms with Crippen molar-refractivity contribution in [3.05, 3.63) is 11.6 Å². The van der Waals surface area contributed by atoms with Crippen LogP contribution in [0.2, 0.25) is 0 Å². The summed E-state index contributed by atoms with van der Waals surface area (Å²) in [5.41, 5.74) is 0.964. The van der Waals surface area contributed by atoms with Crippen LogP contribution in [0.4, 0.5) is 0 Å². The molecule has 1 heteroatoms. The van der Waals surface area contributed by atoms with Gasteiger partial charge in [-0.15, -0.1) is 18.0 Å². The molecule has 0 nitrogen and oxygen atoms in total. The van der Waals surface area contributed by atoms with Gasteiger partial charge in [-0.05, 0) is 18.9 Å². The van der Waals surface area contributed by atoms with E-state index in [1.807, 2.05) is 13.0 Å². The largest absolute Gasteiger partial charge is 0.126 e. The van der Waals surface area contributed by atoms with Gasteiger partial charge in [-0.3, -0.25) is 0 Å². The van der Waals surface area contributed by atoms with E-state index in [9.17, 15) is 0 Å². The van der Waals surface area contributed by atoms with Crippen LogP contribution in [-0.2, 0) is 0 Å². The number of terminal acetylenes is 1. The van der Waals surface area contributed by atoms with Crippen LogP contribution in [0.1, 0.15) is 13.3 Å². The zero-order valence-electron chi connectivity index (χ0n) is 4.95. The lowest BCUT2D eigenvalue weighted by molar-refractivity contribution is 1.21. The molecule has 8 heavy (non-hydrogen) atoms. The van der Waals surface area contributed by atoms with Crippen molar-refractivity contribution in [2.75, 3.05) is 5.88 Å². The summed E-state index contributed by atoms with van der Waals surface area (Å²) in [6, 6.07) is 0. The lowest BCUT2D eigenvalue weighted by atomic mass is 10.3. The predicted molar refractivity (Wildman–Crippen MR) is 37.9 cm³/mol. The van der Waals surface area contributed by atoms with Crippen LogP contribution in [0.25, 0.3) is 0 Å². The van der Waals surface area contributed by atoms with Crippen LogP contribution in [-0.4, -0.2) is 5.88 Å². The molecule has 0 heterocycles. The normalized spacial score (nSPS) is 10.9. The Bertz CT molecular complexity index is 117. The second-order valence-electron chi connectivity index (χ2n) is 1.51. The molecule has 0 saturated heterocycles. The molecule has 0 bridgehead atoms. The second kappa shape index (κ2) is 4.74. The lowest BCUT2D eigenvalue weighted by Gasteiger charge is -1.83. The van der Waals surface area contributed by atoms with Crippen molar-refractivity contribution in [1.29, 1.82) is 0 Å². The molecule has 0 fully saturated rings. The van der Waals surface area contributed by atoms with E-state index in [4.69, 9.17) is 18.0 Å². The Morgan fingerprint density at radius 2 is 2.50 bits per heavy atom. The first kappa shape index (κ1) is 7.59. The van der Waals surface area contributed by atoms with E-state index in [1.165, 1.54) is 0 Å². The van der Waals surface area contributed by atoms with Crippen molar-refractivity contribution in [3.63, 3.8) is 0 Å². The van der Waals surface area contributed by atoms with Crippen LogP contribution in [0.3, 0.4) is 0 Å². The van der Waals surface area contributed by atoms with Crippen molar-refractivity contribution in [1.82, 2.24) is 0 Å². The molecule has 0 aromatic carbocycles. The molecule has 0 saturated carbocycles. The highest BCUT2D eigenvalue weighted by atomic mass is 35.5. The van der Waals surface area contributed by atoms with Gasteiger partial charge < -0.3 is 0 Å². The van der Waals surface area contributed by atoms with E-state index in [0.717, 1.165) is 12.0 Å². The molecule has 0 aromatic heterocycles. The molecule has 0 aromatic rings. The van der Waals surface area contributed by atoms with E-state index < -0.39 is 0 Å². The Morgan fingerprint density at radius 1 is 1.88 bits per heavy atom. The smallest absolute Gasteiger partial charge is 0.0258 e. The number of alkyl halides is 1. The number of hydrogen-bond donors (Lipinski definition) is 0. The molecule has 0 radical (unpaired) electrons. The summed E-state index contributed by atoms with van der Waals surface area (Å²) >= 11 is 5.39. The first-order valence-corrected chi connectivity index (χ1v) is 3.04. The van der Waals surface area contributed by atoms with E-state index in [0.29, 0.717) is 5.88 Å². The van der Waals surface area contributed by atoms with Gasteiger partial charge >= 0.3 is 0 Å². The topological polar surface area (TPSA) is 0 Å². The maximum absolute atomic E-state index is 5.39. The Kier molecular flexibility index (Phi) is 4.50. The van der Waals surface area contributed by atoms with Gasteiger partial charge in [0.15, 0.2) is 0 Å². The molecule has 44 valence electrons. The van der Waals surface area contributed by atoms with E-state index in [-0.39, 0.29) is 0 Å². The minimum Gasteiger partial charge on any atom is -0.126 e. The maximum atomic E-state index is 5.39. The molecule has 0 N–H and O–H groups in total. The van der Waals surface area contributed by atoms with Gasteiger partial charge in [0.25, 0.3) is 0 Å². The van der Waals surface area contributed by atoms with Crippen LogP contribution < -0.4 is 0 Å². The first-order chi connectivity index (χ1) is 3.81. The molecule has 0 spiro atoms. The maximum Gasteiger partial charge on any atom is 0.0258 e. The molecule has 0 rings (SSSR count). The molecular formula is C7H9Cl. The fourth-order valence-electron chi connectivity index (χ4n) is 0.330. The summed E-state index contributed by atoms with van der Waals surface area (Å²) in [6.45, 7) is 1.90. The first-order valence-electron chi connectivity index (χ1n) is 2.50. The third-order valence-electron chi connectivity index (χ3n) is 0.787. The summed E-state index contributed by atoms with van der Waals surface area (Å²) in [6.07, 6.45) is 7.88. The Balaban J connectivity index is 3.46. The molecule has 0 atom stereocenters. The van der Waals surface area contributed by atoms with Crippen LogP contribution in [0.5, 0.6) is 0 Å². The van der Waals surface area contributed by atoms with Gasteiger partial charge in [0.05, 0.1) is 0 Å². The summed E-state index contributed by atoms with van der Waals surface area (Å²) in [7, 11) is 0. The van der Waals surface area contributed by atoms with Gasteiger partial charge in [0.2, 0.25) is 0 Å².